The Bertz CT molecular complexity index is 1100. The van der Waals surface area contributed by atoms with E-state index >= 15 is 0 Å². The van der Waals surface area contributed by atoms with Crippen molar-refractivity contribution in [2.45, 2.75) is 30.6 Å². The van der Waals surface area contributed by atoms with Gasteiger partial charge in [-0.15, -0.1) is 0 Å². The molecule has 1 aliphatic heterocycles. The zero-order chi connectivity index (χ0) is 20.3. The number of nitrogens with zero attached hydrogens (tertiary/aromatic N) is 3. The van der Waals surface area contributed by atoms with Crippen LogP contribution in [0.25, 0.3) is 5.52 Å². The third-order valence-electron chi connectivity index (χ3n) is 5.22. The molecule has 0 saturated carbocycles. The Balaban J connectivity index is 1.36. The average molecular weight is 413 g/mol. The molecule has 2 aromatic heterocycles. The molecule has 4 rings (SSSR count). The van der Waals surface area contributed by atoms with Crippen molar-refractivity contribution in [3.05, 3.63) is 66.2 Å². The quantitative estimate of drug-likeness (QED) is 0.674. The molecule has 1 aliphatic rings. The Labute approximate surface area is 170 Å². The van der Waals surface area contributed by atoms with Crippen molar-refractivity contribution < 1.29 is 13.2 Å². The fourth-order valence-electron chi connectivity index (χ4n) is 3.61. The van der Waals surface area contributed by atoms with Gasteiger partial charge < -0.3 is 9.72 Å². The zero-order valence-electron chi connectivity index (χ0n) is 16.1. The predicted molar refractivity (Wildman–Crippen MR) is 110 cm³/mol. The molecule has 0 bridgehead atoms. The number of piperidine rings is 1. The minimum atomic E-state index is -3.48. The van der Waals surface area contributed by atoms with Crippen LogP contribution in [0.2, 0.25) is 0 Å². The number of sulfonamides is 1. The van der Waals surface area contributed by atoms with E-state index < -0.39 is 10.0 Å². The minimum Gasteiger partial charge on any atom is -0.352 e. The summed E-state index contributed by atoms with van der Waals surface area (Å²) in [6.45, 7) is 1.57. The molecule has 8 heteroatoms. The van der Waals surface area contributed by atoms with Crippen molar-refractivity contribution in [3.8, 4) is 0 Å². The van der Waals surface area contributed by atoms with Crippen LogP contribution in [0.3, 0.4) is 0 Å². The van der Waals surface area contributed by atoms with Crippen molar-refractivity contribution in [1.82, 2.24) is 19.0 Å². The molecule has 29 heavy (non-hydrogen) atoms. The number of rotatable bonds is 6. The van der Waals surface area contributed by atoms with Crippen LogP contribution in [0.15, 0.2) is 59.8 Å². The maximum Gasteiger partial charge on any atom is 0.251 e. The Kier molecular flexibility index (Phi) is 5.64. The molecule has 0 unspecified atom stereocenters. The summed E-state index contributed by atoms with van der Waals surface area (Å²) in [5.41, 5.74) is 1.45. The van der Waals surface area contributed by atoms with Crippen molar-refractivity contribution in [2.75, 3.05) is 19.6 Å². The van der Waals surface area contributed by atoms with Crippen LogP contribution < -0.4 is 5.32 Å². The van der Waals surface area contributed by atoms with Crippen LogP contribution in [0.1, 0.15) is 35.4 Å². The number of pyridine rings is 1. The number of carbonyl (C=O) groups is 1. The maximum atomic E-state index is 12.7. The van der Waals surface area contributed by atoms with Crippen LogP contribution in [0, 0.1) is 0 Å². The number of aromatic nitrogens is 2. The Morgan fingerprint density at radius 3 is 2.55 bits per heavy atom. The lowest BCUT2D eigenvalue weighted by molar-refractivity contribution is 0.0954. The lowest BCUT2D eigenvalue weighted by atomic mass is 10.2. The molecule has 1 amide bonds. The van der Waals surface area contributed by atoms with E-state index in [1.165, 1.54) is 16.4 Å². The van der Waals surface area contributed by atoms with E-state index in [0.29, 0.717) is 31.6 Å². The van der Waals surface area contributed by atoms with Crippen molar-refractivity contribution in [3.63, 3.8) is 0 Å². The highest BCUT2D eigenvalue weighted by molar-refractivity contribution is 7.89. The first kappa shape index (κ1) is 19.6. The summed E-state index contributed by atoms with van der Waals surface area (Å²) in [6.07, 6.45) is 7.21. The molecule has 152 valence electrons. The van der Waals surface area contributed by atoms with Crippen LogP contribution in [0.4, 0.5) is 0 Å². The molecule has 3 aromatic rings. The van der Waals surface area contributed by atoms with Crippen molar-refractivity contribution in [2.24, 2.45) is 0 Å². The highest BCUT2D eigenvalue weighted by Crippen LogP contribution is 2.20. The molecule has 7 nitrogen and oxygen atoms in total. The highest BCUT2D eigenvalue weighted by atomic mass is 32.2. The predicted octanol–water partition coefficient (Wildman–Crippen LogP) is 2.48. The van der Waals surface area contributed by atoms with E-state index in [2.05, 4.69) is 10.3 Å². The first-order valence-electron chi connectivity index (χ1n) is 9.85. The van der Waals surface area contributed by atoms with Gasteiger partial charge in [-0.05, 0) is 49.2 Å². The summed E-state index contributed by atoms with van der Waals surface area (Å²) in [5, 5.41) is 2.87. The molecule has 3 heterocycles. The van der Waals surface area contributed by atoms with Crippen LogP contribution in [-0.4, -0.2) is 47.6 Å². The van der Waals surface area contributed by atoms with Gasteiger partial charge >= 0.3 is 0 Å². The lowest BCUT2D eigenvalue weighted by Gasteiger charge is -2.25. The molecule has 0 aliphatic carbocycles. The molecule has 0 radical (unpaired) electrons. The second-order valence-corrected chi connectivity index (χ2v) is 9.10. The number of carbonyl (C=O) groups excluding carboxylic acids is 1. The maximum absolute atomic E-state index is 12.7. The molecule has 1 aromatic carbocycles. The topological polar surface area (TPSA) is 83.8 Å². The van der Waals surface area contributed by atoms with E-state index in [-0.39, 0.29) is 10.8 Å². The first-order valence-corrected chi connectivity index (χ1v) is 11.3. The van der Waals surface area contributed by atoms with Crippen LogP contribution >= 0.6 is 0 Å². The summed E-state index contributed by atoms with van der Waals surface area (Å²) in [6, 6.07) is 12.0. The van der Waals surface area contributed by atoms with Gasteiger partial charge in [0.2, 0.25) is 10.0 Å². The third kappa shape index (κ3) is 4.18. The summed E-state index contributed by atoms with van der Waals surface area (Å²) in [5.74, 6) is 0.650. The second-order valence-electron chi connectivity index (χ2n) is 7.16. The fourth-order valence-corrected chi connectivity index (χ4v) is 5.12. The van der Waals surface area contributed by atoms with Gasteiger partial charge in [-0.2, -0.15) is 4.31 Å². The van der Waals surface area contributed by atoms with Crippen LogP contribution in [0.5, 0.6) is 0 Å². The number of hydrogen-bond donors (Lipinski definition) is 1. The van der Waals surface area contributed by atoms with E-state index in [9.17, 15) is 13.2 Å². The molecule has 1 saturated heterocycles. The Hall–Kier alpha value is -2.71. The summed E-state index contributed by atoms with van der Waals surface area (Å²) >= 11 is 0. The summed E-state index contributed by atoms with van der Waals surface area (Å²) in [7, 11) is -3.48. The van der Waals surface area contributed by atoms with Crippen LogP contribution in [-0.2, 0) is 16.4 Å². The SMILES string of the molecule is O=C(NCCc1ncc2ccccn12)c1ccc(S(=O)(=O)N2CCCCC2)cc1. The van der Waals surface area contributed by atoms with Gasteiger partial charge in [0.25, 0.3) is 5.91 Å². The monoisotopic (exact) mass is 412 g/mol. The van der Waals surface area contributed by atoms with Crippen molar-refractivity contribution >= 4 is 21.4 Å². The number of nitrogens with one attached hydrogen (secondary N) is 1. The molecule has 1 fully saturated rings. The Morgan fingerprint density at radius 1 is 1.03 bits per heavy atom. The first-order chi connectivity index (χ1) is 14.1. The van der Waals surface area contributed by atoms with Gasteiger partial charge in [-0.25, -0.2) is 13.4 Å². The number of benzene rings is 1. The normalized spacial score (nSPS) is 15.4. The number of fused-ring (bicyclic) bond motifs is 1. The molecule has 0 atom stereocenters. The highest BCUT2D eigenvalue weighted by Gasteiger charge is 2.25. The standard InChI is InChI=1S/C21H24N4O3S/c26-21(22-12-11-20-23-16-18-6-2-5-15-25(18)20)17-7-9-19(10-8-17)29(27,28)24-13-3-1-4-14-24/h2,5-10,15-16H,1,3-4,11-14H2,(H,22,26). The van der Waals surface area contributed by atoms with Crippen molar-refractivity contribution in [1.29, 1.82) is 0 Å². The summed E-state index contributed by atoms with van der Waals surface area (Å²) in [4.78, 5) is 17.0. The van der Waals surface area contributed by atoms with Gasteiger partial charge in [0.15, 0.2) is 0 Å². The molecule has 1 N–H and O–H groups in total. The van der Waals surface area contributed by atoms with E-state index in [4.69, 9.17) is 0 Å². The lowest BCUT2D eigenvalue weighted by Crippen LogP contribution is -2.35. The number of amides is 1. The molecular weight excluding hydrogens is 388 g/mol. The zero-order valence-corrected chi connectivity index (χ0v) is 16.9. The molecular formula is C21H24N4O3S. The fraction of sp³-hybridized carbons (Fsp3) is 0.333. The Morgan fingerprint density at radius 2 is 1.79 bits per heavy atom. The van der Waals surface area contributed by atoms with Gasteiger partial charge in [0.05, 0.1) is 16.6 Å². The number of imidazole rings is 1. The average Bonchev–Trinajstić information content (AvgIpc) is 3.17. The van der Waals surface area contributed by atoms with Gasteiger partial charge in [-0.1, -0.05) is 12.5 Å². The third-order valence-corrected chi connectivity index (χ3v) is 7.13. The molecule has 0 spiro atoms. The van der Waals surface area contributed by atoms with Gasteiger partial charge in [0.1, 0.15) is 5.82 Å². The smallest absolute Gasteiger partial charge is 0.251 e. The minimum absolute atomic E-state index is 0.229. The van der Waals surface area contributed by atoms with Gasteiger partial charge in [-0.3, -0.25) is 4.79 Å². The van der Waals surface area contributed by atoms with E-state index in [0.717, 1.165) is 30.6 Å². The van der Waals surface area contributed by atoms with E-state index in [1.54, 1.807) is 18.3 Å². The largest absolute Gasteiger partial charge is 0.352 e. The number of hydrogen-bond acceptors (Lipinski definition) is 4. The van der Waals surface area contributed by atoms with E-state index in [1.807, 2.05) is 28.8 Å². The summed E-state index contributed by atoms with van der Waals surface area (Å²) < 4.78 is 28.9. The van der Waals surface area contributed by atoms with Gasteiger partial charge in [0, 0.05) is 37.8 Å². The second kappa shape index (κ2) is 8.34.